The van der Waals surface area contributed by atoms with Crippen LogP contribution in [0.25, 0.3) is 0 Å². The minimum atomic E-state index is -0.530. The Hall–Kier alpha value is -3.65. The Morgan fingerprint density at radius 3 is 2.03 bits per heavy atom. The average Bonchev–Trinajstić information content (AvgIpc) is 2.83. The number of carbonyl (C=O) groups excluding carboxylic acids is 3. The molecule has 0 saturated heterocycles. The summed E-state index contributed by atoms with van der Waals surface area (Å²) in [5.74, 6) is 0.229. The van der Waals surface area contributed by atoms with Gasteiger partial charge < -0.3 is 20.1 Å². The fourth-order valence-electron chi connectivity index (χ4n) is 3.10. The summed E-state index contributed by atoms with van der Waals surface area (Å²) in [4.78, 5) is 36.0. The minimum Gasteiger partial charge on any atom is -0.457 e. The quantitative estimate of drug-likeness (QED) is 0.302. The largest absolute Gasteiger partial charge is 0.457 e. The van der Waals surface area contributed by atoms with Crippen LogP contribution in [0.5, 0.6) is 11.5 Å². The maximum atomic E-state index is 12.2. The van der Waals surface area contributed by atoms with Gasteiger partial charge >= 0.3 is 5.97 Å². The first kappa shape index (κ1) is 26.0. The van der Waals surface area contributed by atoms with E-state index in [4.69, 9.17) is 9.47 Å². The van der Waals surface area contributed by atoms with Crippen molar-refractivity contribution >= 4 is 45.1 Å². The molecule has 0 bridgehead atoms. The number of anilines is 2. The molecule has 0 aliphatic carbocycles. The summed E-state index contributed by atoms with van der Waals surface area (Å²) in [5, 5.41) is 5.46. The van der Waals surface area contributed by atoms with E-state index in [-0.39, 0.29) is 25.4 Å². The molecule has 0 aromatic heterocycles. The van der Waals surface area contributed by atoms with Gasteiger partial charge in [-0.05, 0) is 80.4 Å². The molecule has 7 nitrogen and oxygen atoms in total. The fraction of sp³-hybridized carbons (Fsp3) is 0.222. The third-order valence-corrected chi connectivity index (χ3v) is 5.88. The van der Waals surface area contributed by atoms with Crippen molar-refractivity contribution in [2.75, 3.05) is 17.2 Å². The molecule has 0 fully saturated rings. The average molecular weight is 539 g/mol. The van der Waals surface area contributed by atoms with Crippen LogP contribution < -0.4 is 15.4 Å². The molecule has 2 N–H and O–H groups in total. The van der Waals surface area contributed by atoms with Gasteiger partial charge in [0.2, 0.25) is 5.91 Å². The lowest BCUT2D eigenvalue weighted by Crippen LogP contribution is -2.21. The first-order valence-electron chi connectivity index (χ1n) is 11.1. The maximum Gasteiger partial charge on any atom is 0.306 e. The van der Waals surface area contributed by atoms with Gasteiger partial charge in [0.25, 0.3) is 5.91 Å². The van der Waals surface area contributed by atoms with Gasteiger partial charge in [-0.15, -0.1) is 0 Å². The molecule has 3 rings (SSSR count). The number of hydrogen-bond donors (Lipinski definition) is 2. The van der Waals surface area contributed by atoms with Crippen molar-refractivity contribution < 1.29 is 23.9 Å². The fourth-order valence-corrected chi connectivity index (χ4v) is 3.35. The van der Waals surface area contributed by atoms with Gasteiger partial charge in [-0.2, -0.15) is 0 Å². The molecule has 0 radical (unpaired) electrons. The first-order valence-corrected chi connectivity index (χ1v) is 11.9. The minimum absolute atomic E-state index is 0.0431. The molecular weight excluding hydrogens is 512 g/mol. The van der Waals surface area contributed by atoms with Crippen LogP contribution in [0.3, 0.4) is 0 Å². The number of amides is 2. The Balaban J connectivity index is 1.32. The van der Waals surface area contributed by atoms with Gasteiger partial charge in [0.1, 0.15) is 11.5 Å². The van der Waals surface area contributed by atoms with Crippen LogP contribution in [0.4, 0.5) is 11.4 Å². The van der Waals surface area contributed by atoms with Crippen molar-refractivity contribution in [3.63, 3.8) is 0 Å². The van der Waals surface area contributed by atoms with E-state index >= 15 is 0 Å². The van der Waals surface area contributed by atoms with E-state index in [1.54, 1.807) is 30.3 Å². The highest BCUT2D eigenvalue weighted by Crippen LogP contribution is 2.23. The number of nitrogens with one attached hydrogen (secondary N) is 2. The molecule has 8 heteroatoms. The number of benzene rings is 3. The molecule has 182 valence electrons. The van der Waals surface area contributed by atoms with Gasteiger partial charge in [0.05, 0.1) is 0 Å². The van der Waals surface area contributed by atoms with Crippen LogP contribution in [0.15, 0.2) is 71.2 Å². The van der Waals surface area contributed by atoms with Gasteiger partial charge in [-0.25, -0.2) is 0 Å². The zero-order valence-corrected chi connectivity index (χ0v) is 21.2. The molecule has 0 unspecified atom stereocenters. The van der Waals surface area contributed by atoms with Crippen molar-refractivity contribution in [1.29, 1.82) is 0 Å². The van der Waals surface area contributed by atoms with E-state index in [0.717, 1.165) is 21.3 Å². The second kappa shape index (κ2) is 12.7. The van der Waals surface area contributed by atoms with Crippen molar-refractivity contribution in [3.05, 3.63) is 82.3 Å². The summed E-state index contributed by atoms with van der Waals surface area (Å²) in [5.41, 5.74) is 3.39. The number of rotatable bonds is 10. The topological polar surface area (TPSA) is 93.7 Å². The molecule has 3 aromatic rings. The smallest absolute Gasteiger partial charge is 0.306 e. The second-order valence-corrected chi connectivity index (χ2v) is 8.87. The number of halogens is 1. The Bertz CT molecular complexity index is 1180. The van der Waals surface area contributed by atoms with E-state index in [9.17, 15) is 14.4 Å². The monoisotopic (exact) mass is 538 g/mol. The second-order valence-electron chi connectivity index (χ2n) is 8.01. The molecule has 0 aliphatic heterocycles. The lowest BCUT2D eigenvalue weighted by molar-refractivity contribution is -0.147. The predicted molar refractivity (Wildman–Crippen MR) is 139 cm³/mol. The van der Waals surface area contributed by atoms with E-state index in [1.807, 2.05) is 50.2 Å². The molecule has 3 aromatic carbocycles. The highest BCUT2D eigenvalue weighted by molar-refractivity contribution is 9.10. The summed E-state index contributed by atoms with van der Waals surface area (Å²) >= 11 is 3.40. The van der Waals surface area contributed by atoms with Gasteiger partial charge in [-0.3, -0.25) is 14.4 Å². The van der Waals surface area contributed by atoms with Crippen LogP contribution in [-0.2, 0) is 19.1 Å². The third kappa shape index (κ3) is 8.90. The lowest BCUT2D eigenvalue weighted by atomic mass is 10.2. The van der Waals surface area contributed by atoms with Gasteiger partial charge in [0, 0.05) is 28.7 Å². The normalized spacial score (nSPS) is 10.4. The maximum absolute atomic E-state index is 12.2. The molecule has 0 saturated carbocycles. The van der Waals surface area contributed by atoms with Gasteiger partial charge in [-0.1, -0.05) is 33.6 Å². The van der Waals surface area contributed by atoms with E-state index < -0.39 is 11.9 Å². The van der Waals surface area contributed by atoms with E-state index in [2.05, 4.69) is 26.6 Å². The predicted octanol–water partition coefficient (Wildman–Crippen LogP) is 6.15. The Morgan fingerprint density at radius 1 is 0.771 bits per heavy atom. The summed E-state index contributed by atoms with van der Waals surface area (Å²) in [7, 11) is 0. The van der Waals surface area contributed by atoms with Crippen LogP contribution in [-0.4, -0.2) is 24.4 Å². The third-order valence-electron chi connectivity index (χ3n) is 4.99. The summed E-state index contributed by atoms with van der Waals surface area (Å²) < 4.78 is 11.7. The Labute approximate surface area is 213 Å². The van der Waals surface area contributed by atoms with Crippen LogP contribution in [0, 0.1) is 13.8 Å². The van der Waals surface area contributed by atoms with Crippen LogP contribution in [0.1, 0.15) is 30.4 Å². The van der Waals surface area contributed by atoms with Crippen LogP contribution in [0.2, 0.25) is 0 Å². The summed E-state index contributed by atoms with van der Waals surface area (Å²) in [6.45, 7) is 3.54. The van der Waals surface area contributed by atoms with E-state index in [1.165, 1.54) is 0 Å². The van der Waals surface area contributed by atoms with Crippen molar-refractivity contribution in [3.8, 4) is 11.5 Å². The molecule has 0 spiro atoms. The SMILES string of the molecule is Cc1ccc(Oc2ccc(NC(=O)CCCC(=O)OCC(=O)Nc3ccc(Br)c(C)c3)cc2)cc1. The molecule has 0 aliphatic rings. The Morgan fingerprint density at radius 2 is 1.37 bits per heavy atom. The number of carbonyl (C=O) groups is 3. The molecule has 0 heterocycles. The number of esters is 1. The summed E-state index contributed by atoms with van der Waals surface area (Å²) in [6, 6.07) is 20.2. The zero-order valence-electron chi connectivity index (χ0n) is 19.6. The van der Waals surface area contributed by atoms with E-state index in [0.29, 0.717) is 23.5 Å². The molecule has 35 heavy (non-hydrogen) atoms. The molecule has 0 atom stereocenters. The Kier molecular flexibility index (Phi) is 9.43. The van der Waals surface area contributed by atoms with Crippen molar-refractivity contribution in [2.45, 2.75) is 33.1 Å². The standard InChI is InChI=1S/C27H27BrN2O5/c1-18-6-11-22(12-7-18)35-23-13-8-20(9-14-23)29-25(31)4-3-5-27(33)34-17-26(32)30-21-10-15-24(28)19(2)16-21/h6-16H,3-5,17H2,1-2H3,(H,29,31)(H,30,32). The zero-order chi connectivity index (χ0) is 25.2. The van der Waals surface area contributed by atoms with Crippen molar-refractivity contribution in [1.82, 2.24) is 0 Å². The number of hydrogen-bond acceptors (Lipinski definition) is 5. The highest BCUT2D eigenvalue weighted by Gasteiger charge is 2.10. The number of aryl methyl sites for hydroxylation is 2. The molecular formula is C27H27BrN2O5. The molecule has 2 amide bonds. The van der Waals surface area contributed by atoms with Gasteiger partial charge in [0.15, 0.2) is 6.61 Å². The van der Waals surface area contributed by atoms with Crippen molar-refractivity contribution in [2.24, 2.45) is 0 Å². The summed E-state index contributed by atoms with van der Waals surface area (Å²) in [6.07, 6.45) is 0.509. The first-order chi connectivity index (χ1) is 16.8. The highest BCUT2D eigenvalue weighted by atomic mass is 79.9. The lowest BCUT2D eigenvalue weighted by Gasteiger charge is -2.09. The number of ether oxygens (including phenoxy) is 2. The van der Waals surface area contributed by atoms with Crippen LogP contribution >= 0.6 is 15.9 Å².